The zero-order valence-corrected chi connectivity index (χ0v) is 19.2. The van der Waals surface area contributed by atoms with Crippen molar-refractivity contribution in [3.8, 4) is 5.75 Å². The quantitative estimate of drug-likeness (QED) is 0.494. The number of hydrogen-bond donors (Lipinski definition) is 0. The van der Waals surface area contributed by atoms with E-state index in [-0.39, 0.29) is 12.5 Å². The SMILES string of the molecule is Cc1nc(COc2ccc(Cl)cc2)sc1C(=O)N1CCN(c2ccc(C(F)(F)F)cn2)CC1. The van der Waals surface area contributed by atoms with Crippen molar-refractivity contribution in [2.45, 2.75) is 19.7 Å². The molecule has 0 N–H and O–H groups in total. The Kier molecular flexibility index (Phi) is 6.76. The van der Waals surface area contributed by atoms with E-state index in [0.717, 1.165) is 12.3 Å². The molecule has 0 radical (unpaired) electrons. The van der Waals surface area contributed by atoms with Crippen molar-refractivity contribution in [1.82, 2.24) is 14.9 Å². The second kappa shape index (κ2) is 9.56. The van der Waals surface area contributed by atoms with Crippen LogP contribution >= 0.6 is 22.9 Å². The largest absolute Gasteiger partial charge is 0.486 e. The van der Waals surface area contributed by atoms with Crippen LogP contribution in [0.25, 0.3) is 0 Å². The van der Waals surface area contributed by atoms with Crippen molar-refractivity contribution < 1.29 is 22.7 Å². The number of carbonyl (C=O) groups excluding carboxylic acids is 1. The molecule has 174 valence electrons. The third-order valence-corrected chi connectivity index (χ3v) is 6.55. The summed E-state index contributed by atoms with van der Waals surface area (Å²) >= 11 is 7.17. The van der Waals surface area contributed by atoms with Crippen LogP contribution in [-0.4, -0.2) is 47.0 Å². The maximum atomic E-state index is 13.0. The number of hydrogen-bond acceptors (Lipinski definition) is 6. The summed E-state index contributed by atoms with van der Waals surface area (Å²) in [6.07, 6.45) is -3.58. The normalized spacial score (nSPS) is 14.5. The van der Waals surface area contributed by atoms with Gasteiger partial charge in [-0.1, -0.05) is 11.6 Å². The van der Waals surface area contributed by atoms with Gasteiger partial charge in [-0.2, -0.15) is 13.2 Å². The highest BCUT2D eigenvalue weighted by molar-refractivity contribution is 7.13. The summed E-state index contributed by atoms with van der Waals surface area (Å²) in [6.45, 7) is 3.87. The lowest BCUT2D eigenvalue weighted by Gasteiger charge is -2.35. The first-order chi connectivity index (χ1) is 15.7. The Labute approximate surface area is 197 Å². The summed E-state index contributed by atoms with van der Waals surface area (Å²) in [4.78, 5) is 25.6. The van der Waals surface area contributed by atoms with Crippen molar-refractivity contribution in [1.29, 1.82) is 0 Å². The summed E-state index contributed by atoms with van der Waals surface area (Å²) in [5.41, 5.74) is -0.136. The molecule has 3 aromatic rings. The van der Waals surface area contributed by atoms with E-state index in [4.69, 9.17) is 16.3 Å². The van der Waals surface area contributed by atoms with Gasteiger partial charge in [-0.3, -0.25) is 4.79 Å². The molecular formula is C22H20ClF3N4O2S. The highest BCUT2D eigenvalue weighted by atomic mass is 35.5. The van der Waals surface area contributed by atoms with Crippen LogP contribution in [0, 0.1) is 6.92 Å². The zero-order chi connectivity index (χ0) is 23.6. The third-order valence-electron chi connectivity index (χ3n) is 5.18. The number of alkyl halides is 3. The van der Waals surface area contributed by atoms with E-state index in [1.807, 2.05) is 4.90 Å². The van der Waals surface area contributed by atoms with Gasteiger partial charge >= 0.3 is 6.18 Å². The molecule has 1 amide bonds. The number of halogens is 4. The minimum atomic E-state index is -4.41. The van der Waals surface area contributed by atoms with Crippen LogP contribution in [0.5, 0.6) is 5.75 Å². The van der Waals surface area contributed by atoms with Crippen LogP contribution in [0.4, 0.5) is 19.0 Å². The van der Waals surface area contributed by atoms with Gasteiger partial charge in [0.2, 0.25) is 0 Å². The Morgan fingerprint density at radius 2 is 1.82 bits per heavy atom. The standard InChI is InChI=1S/C22H20ClF3N4O2S/c1-14-20(33-19(28-14)13-32-17-5-3-16(23)4-6-17)21(31)30-10-8-29(9-11-30)18-7-2-15(12-27-18)22(24,25)26/h2-7,12H,8-11,13H2,1H3. The molecule has 4 rings (SSSR count). The average molecular weight is 497 g/mol. The number of rotatable bonds is 5. The number of anilines is 1. The predicted molar refractivity (Wildman–Crippen MR) is 120 cm³/mol. The molecule has 1 saturated heterocycles. The van der Waals surface area contributed by atoms with Gasteiger partial charge in [0.1, 0.15) is 28.1 Å². The molecule has 2 aromatic heterocycles. The fraction of sp³-hybridized carbons (Fsp3) is 0.318. The molecule has 6 nitrogen and oxygen atoms in total. The van der Waals surface area contributed by atoms with Crippen molar-refractivity contribution >= 4 is 34.7 Å². The summed E-state index contributed by atoms with van der Waals surface area (Å²) in [5.74, 6) is 1.02. The highest BCUT2D eigenvalue weighted by Crippen LogP contribution is 2.30. The van der Waals surface area contributed by atoms with Gasteiger partial charge < -0.3 is 14.5 Å². The molecule has 3 heterocycles. The van der Waals surface area contributed by atoms with Crippen LogP contribution in [0.2, 0.25) is 5.02 Å². The minimum Gasteiger partial charge on any atom is -0.486 e. The molecule has 1 aliphatic heterocycles. The molecule has 0 aliphatic carbocycles. The Balaban J connectivity index is 1.34. The van der Waals surface area contributed by atoms with Crippen LogP contribution in [0.3, 0.4) is 0 Å². The minimum absolute atomic E-state index is 0.109. The molecule has 11 heteroatoms. The first kappa shape index (κ1) is 23.3. The molecule has 1 aliphatic rings. The number of aromatic nitrogens is 2. The lowest BCUT2D eigenvalue weighted by molar-refractivity contribution is -0.137. The van der Waals surface area contributed by atoms with Crippen molar-refractivity contribution in [2.75, 3.05) is 31.1 Å². The second-order valence-corrected chi connectivity index (χ2v) is 8.97. The predicted octanol–water partition coefficient (Wildman–Crippen LogP) is 5.06. The van der Waals surface area contributed by atoms with Gasteiger partial charge in [-0.15, -0.1) is 11.3 Å². The fourth-order valence-corrected chi connectivity index (χ4v) is 4.48. The van der Waals surface area contributed by atoms with Crippen molar-refractivity contribution in [2.24, 2.45) is 0 Å². The van der Waals surface area contributed by atoms with E-state index in [2.05, 4.69) is 9.97 Å². The Morgan fingerprint density at radius 3 is 2.42 bits per heavy atom. The van der Waals surface area contributed by atoms with Crippen LogP contribution in [0.1, 0.15) is 25.9 Å². The van der Waals surface area contributed by atoms with Crippen molar-refractivity contribution in [3.05, 3.63) is 68.8 Å². The van der Waals surface area contributed by atoms with E-state index < -0.39 is 11.7 Å². The van der Waals surface area contributed by atoms with Gasteiger partial charge in [0.25, 0.3) is 5.91 Å². The fourth-order valence-electron chi connectivity index (χ4n) is 3.41. The monoisotopic (exact) mass is 496 g/mol. The number of carbonyl (C=O) groups is 1. The van der Waals surface area contributed by atoms with Crippen LogP contribution in [-0.2, 0) is 12.8 Å². The number of pyridine rings is 1. The number of benzene rings is 1. The zero-order valence-electron chi connectivity index (χ0n) is 17.6. The van der Waals surface area contributed by atoms with Crippen LogP contribution in [0.15, 0.2) is 42.6 Å². The first-order valence-electron chi connectivity index (χ1n) is 10.1. The third kappa shape index (κ3) is 5.56. The molecule has 0 spiro atoms. The van der Waals surface area contributed by atoms with Crippen LogP contribution < -0.4 is 9.64 Å². The number of nitrogens with zero attached hydrogens (tertiary/aromatic N) is 4. The summed E-state index contributed by atoms with van der Waals surface area (Å²) < 4.78 is 43.9. The molecular weight excluding hydrogens is 477 g/mol. The lowest BCUT2D eigenvalue weighted by atomic mass is 10.2. The maximum absolute atomic E-state index is 13.0. The number of ether oxygens (including phenoxy) is 1. The molecule has 33 heavy (non-hydrogen) atoms. The van der Waals surface area contributed by atoms with E-state index in [9.17, 15) is 18.0 Å². The highest BCUT2D eigenvalue weighted by Gasteiger charge is 2.31. The maximum Gasteiger partial charge on any atom is 0.417 e. The molecule has 0 unspecified atom stereocenters. The molecule has 0 atom stereocenters. The topological polar surface area (TPSA) is 58.6 Å². The summed E-state index contributed by atoms with van der Waals surface area (Å²) in [5, 5.41) is 1.31. The molecule has 0 bridgehead atoms. The summed E-state index contributed by atoms with van der Waals surface area (Å²) in [6, 6.07) is 9.38. The number of thiazole rings is 1. The van der Waals surface area contributed by atoms with Gasteiger partial charge in [0, 0.05) is 37.4 Å². The average Bonchev–Trinajstić information content (AvgIpc) is 3.18. The second-order valence-electron chi connectivity index (χ2n) is 7.45. The number of amides is 1. The number of aryl methyl sites for hydroxylation is 1. The van der Waals surface area contributed by atoms with Crippen molar-refractivity contribution in [3.63, 3.8) is 0 Å². The Morgan fingerprint density at radius 1 is 1.12 bits per heavy atom. The molecule has 1 fully saturated rings. The lowest BCUT2D eigenvalue weighted by Crippen LogP contribution is -2.49. The van der Waals surface area contributed by atoms with E-state index >= 15 is 0 Å². The smallest absolute Gasteiger partial charge is 0.417 e. The molecule has 1 aromatic carbocycles. The molecule has 0 saturated carbocycles. The number of piperazine rings is 1. The van der Waals surface area contributed by atoms with E-state index in [1.54, 1.807) is 36.1 Å². The van der Waals surface area contributed by atoms with E-state index in [1.165, 1.54) is 17.4 Å². The Bertz CT molecular complexity index is 1110. The summed E-state index contributed by atoms with van der Waals surface area (Å²) in [7, 11) is 0. The Hall–Kier alpha value is -2.85. The van der Waals surface area contributed by atoms with Gasteiger partial charge in [0.15, 0.2) is 0 Å². The van der Waals surface area contributed by atoms with Gasteiger partial charge in [-0.05, 0) is 43.3 Å². The first-order valence-corrected chi connectivity index (χ1v) is 11.3. The van der Waals surface area contributed by atoms with Gasteiger partial charge in [0.05, 0.1) is 11.3 Å². The van der Waals surface area contributed by atoms with E-state index in [0.29, 0.717) is 58.3 Å². The van der Waals surface area contributed by atoms with Gasteiger partial charge in [-0.25, -0.2) is 9.97 Å².